The molecule has 0 radical (unpaired) electrons. The smallest absolute Gasteiger partial charge is 0.246 e. The van der Waals surface area contributed by atoms with Crippen LogP contribution in [0.4, 0.5) is 0 Å². The van der Waals surface area contributed by atoms with Crippen molar-refractivity contribution in [2.45, 2.75) is 31.8 Å². The monoisotopic (exact) mass is 260 g/mol. The maximum atomic E-state index is 12.2. The lowest BCUT2D eigenvalue weighted by atomic mass is 9.90. The fourth-order valence-corrected chi connectivity index (χ4v) is 2.67. The van der Waals surface area contributed by atoms with Crippen molar-refractivity contribution in [3.05, 3.63) is 24.3 Å². The van der Waals surface area contributed by atoms with E-state index in [0.29, 0.717) is 12.4 Å². The van der Waals surface area contributed by atoms with Crippen LogP contribution < -0.4 is 5.32 Å². The number of nitrogens with one attached hydrogen (secondary N) is 1. The van der Waals surface area contributed by atoms with Crippen LogP contribution in [0, 0.1) is 5.92 Å². The highest BCUT2D eigenvalue weighted by molar-refractivity contribution is 5.98. The van der Waals surface area contributed by atoms with E-state index in [-0.39, 0.29) is 24.3 Å². The van der Waals surface area contributed by atoms with Crippen molar-refractivity contribution in [2.24, 2.45) is 5.92 Å². The molecule has 1 unspecified atom stereocenters. The molecule has 2 heterocycles. The molecule has 0 aromatic carbocycles. The molecule has 0 spiro atoms. The van der Waals surface area contributed by atoms with Crippen LogP contribution >= 0.6 is 0 Å². The summed E-state index contributed by atoms with van der Waals surface area (Å²) >= 11 is 0. The first-order chi connectivity index (χ1) is 9.12. The first-order valence-corrected chi connectivity index (χ1v) is 6.47. The third kappa shape index (κ3) is 1.97. The zero-order valence-corrected chi connectivity index (χ0v) is 10.8. The summed E-state index contributed by atoms with van der Waals surface area (Å²) in [5, 5.41) is 2.69. The van der Waals surface area contributed by atoms with Gasteiger partial charge in [0.05, 0.1) is 13.1 Å². The molecule has 1 aromatic heterocycles. The van der Waals surface area contributed by atoms with Gasteiger partial charge in [-0.3, -0.25) is 9.59 Å². The summed E-state index contributed by atoms with van der Waals surface area (Å²) in [6.45, 7) is 2.20. The van der Waals surface area contributed by atoms with Gasteiger partial charge in [0.15, 0.2) is 0 Å². The molecule has 1 aliphatic carbocycles. The van der Waals surface area contributed by atoms with E-state index < -0.39 is 5.54 Å². The molecule has 3 rings (SSSR count). The Morgan fingerprint density at radius 2 is 2.05 bits per heavy atom. The van der Waals surface area contributed by atoms with Gasteiger partial charge in [-0.2, -0.15) is 0 Å². The Morgan fingerprint density at radius 1 is 1.37 bits per heavy atom. The van der Waals surface area contributed by atoms with Crippen molar-refractivity contribution < 1.29 is 9.59 Å². The topological polar surface area (TPSA) is 75.2 Å². The quantitative estimate of drug-likeness (QED) is 0.836. The number of hydrogen-bond donors (Lipinski definition) is 1. The number of piperazine rings is 1. The van der Waals surface area contributed by atoms with Gasteiger partial charge in [-0.1, -0.05) is 0 Å². The lowest BCUT2D eigenvalue weighted by Gasteiger charge is -2.43. The van der Waals surface area contributed by atoms with Gasteiger partial charge in [0.1, 0.15) is 11.4 Å². The second-order valence-corrected chi connectivity index (χ2v) is 5.25. The summed E-state index contributed by atoms with van der Waals surface area (Å²) in [7, 11) is 0. The van der Waals surface area contributed by atoms with Gasteiger partial charge >= 0.3 is 0 Å². The second kappa shape index (κ2) is 4.29. The standard InChI is InChI=1S/C13H16N4O2/c1-13(9-3-4-9)12(19)16-7-11(18)17(13)8-10-14-5-2-6-15-10/h2,5-6,9H,3-4,7-8H2,1H3,(H,16,19). The van der Waals surface area contributed by atoms with Crippen LogP contribution in [0.15, 0.2) is 18.5 Å². The van der Waals surface area contributed by atoms with Crippen LogP contribution in [0.1, 0.15) is 25.6 Å². The number of aromatic nitrogens is 2. The molecule has 2 aliphatic rings. The van der Waals surface area contributed by atoms with Gasteiger partial charge in [-0.15, -0.1) is 0 Å². The van der Waals surface area contributed by atoms with Crippen LogP contribution in [0.5, 0.6) is 0 Å². The number of carbonyl (C=O) groups is 2. The lowest BCUT2D eigenvalue weighted by molar-refractivity contribution is -0.155. The van der Waals surface area contributed by atoms with Gasteiger partial charge < -0.3 is 10.2 Å². The van der Waals surface area contributed by atoms with Gasteiger partial charge in [0.2, 0.25) is 11.8 Å². The van der Waals surface area contributed by atoms with Crippen LogP contribution in [-0.2, 0) is 16.1 Å². The third-order valence-corrected chi connectivity index (χ3v) is 4.01. The maximum Gasteiger partial charge on any atom is 0.246 e. The molecule has 2 amide bonds. The number of nitrogens with zero attached hydrogens (tertiary/aromatic N) is 3. The average molecular weight is 260 g/mol. The van der Waals surface area contributed by atoms with E-state index in [9.17, 15) is 9.59 Å². The molecule has 6 heteroatoms. The van der Waals surface area contributed by atoms with Crippen molar-refractivity contribution in [2.75, 3.05) is 6.54 Å². The van der Waals surface area contributed by atoms with Crippen molar-refractivity contribution in [3.63, 3.8) is 0 Å². The summed E-state index contributed by atoms with van der Waals surface area (Å²) in [6, 6.07) is 1.73. The molecule has 100 valence electrons. The molecule has 1 saturated heterocycles. The van der Waals surface area contributed by atoms with Crippen LogP contribution in [0.25, 0.3) is 0 Å². The molecule has 1 atom stereocenters. The number of amides is 2. The van der Waals surface area contributed by atoms with Gasteiger partial charge in [-0.05, 0) is 31.7 Å². The fourth-order valence-electron chi connectivity index (χ4n) is 2.67. The van der Waals surface area contributed by atoms with Gasteiger partial charge in [0, 0.05) is 12.4 Å². The average Bonchev–Trinajstić information content (AvgIpc) is 3.25. The van der Waals surface area contributed by atoms with E-state index in [4.69, 9.17) is 0 Å². The molecule has 2 fully saturated rings. The first kappa shape index (κ1) is 12.1. The Bertz CT molecular complexity index is 515. The number of carbonyl (C=O) groups excluding carboxylic acids is 2. The Balaban J connectivity index is 1.90. The zero-order chi connectivity index (χ0) is 13.5. The molecule has 6 nitrogen and oxygen atoms in total. The van der Waals surface area contributed by atoms with E-state index in [0.717, 1.165) is 12.8 Å². The summed E-state index contributed by atoms with van der Waals surface area (Å²) in [6.07, 6.45) is 5.27. The Kier molecular flexibility index (Phi) is 2.73. The highest BCUT2D eigenvalue weighted by atomic mass is 16.2. The number of hydrogen-bond acceptors (Lipinski definition) is 4. The van der Waals surface area contributed by atoms with Crippen molar-refractivity contribution >= 4 is 11.8 Å². The minimum Gasteiger partial charge on any atom is -0.345 e. The predicted molar refractivity (Wildman–Crippen MR) is 66.7 cm³/mol. The molecule has 1 aliphatic heterocycles. The molecular weight excluding hydrogens is 244 g/mol. The predicted octanol–water partition coefficient (Wildman–Crippen LogP) is 0.104. The largest absolute Gasteiger partial charge is 0.345 e. The van der Waals surface area contributed by atoms with E-state index in [1.54, 1.807) is 23.4 Å². The van der Waals surface area contributed by atoms with E-state index in [1.165, 1.54) is 0 Å². The van der Waals surface area contributed by atoms with E-state index in [2.05, 4.69) is 15.3 Å². The summed E-state index contributed by atoms with van der Waals surface area (Å²) in [5.41, 5.74) is -0.755. The molecule has 0 bridgehead atoms. The highest BCUT2D eigenvalue weighted by Crippen LogP contribution is 2.44. The summed E-state index contributed by atoms with van der Waals surface area (Å²) in [4.78, 5) is 34.3. The van der Waals surface area contributed by atoms with Gasteiger partial charge in [0.25, 0.3) is 0 Å². The summed E-state index contributed by atoms with van der Waals surface area (Å²) < 4.78 is 0. The number of rotatable bonds is 3. The molecule has 1 aromatic rings. The van der Waals surface area contributed by atoms with Crippen molar-refractivity contribution in [3.8, 4) is 0 Å². The Labute approximate surface area is 111 Å². The Morgan fingerprint density at radius 3 is 2.68 bits per heavy atom. The first-order valence-electron chi connectivity index (χ1n) is 6.47. The minimum absolute atomic E-state index is 0.0635. The minimum atomic E-state index is -0.755. The van der Waals surface area contributed by atoms with Crippen molar-refractivity contribution in [1.29, 1.82) is 0 Å². The second-order valence-electron chi connectivity index (χ2n) is 5.25. The summed E-state index contributed by atoms with van der Waals surface area (Å²) in [5.74, 6) is 0.685. The van der Waals surface area contributed by atoms with Crippen LogP contribution in [0.3, 0.4) is 0 Å². The van der Waals surface area contributed by atoms with E-state index >= 15 is 0 Å². The molecule has 1 saturated carbocycles. The van der Waals surface area contributed by atoms with E-state index in [1.807, 2.05) is 6.92 Å². The lowest BCUT2D eigenvalue weighted by Crippen LogP contribution is -2.66. The third-order valence-electron chi connectivity index (χ3n) is 4.01. The molecule has 1 N–H and O–H groups in total. The normalized spacial score (nSPS) is 27.3. The van der Waals surface area contributed by atoms with Crippen molar-refractivity contribution in [1.82, 2.24) is 20.2 Å². The van der Waals surface area contributed by atoms with Gasteiger partial charge in [-0.25, -0.2) is 9.97 Å². The highest BCUT2D eigenvalue weighted by Gasteiger charge is 2.54. The zero-order valence-electron chi connectivity index (χ0n) is 10.8. The fraction of sp³-hybridized carbons (Fsp3) is 0.538. The molecular formula is C13H16N4O2. The molecule has 19 heavy (non-hydrogen) atoms. The van der Waals surface area contributed by atoms with Crippen LogP contribution in [-0.4, -0.2) is 38.8 Å². The Hall–Kier alpha value is -1.98. The van der Waals surface area contributed by atoms with Crippen LogP contribution in [0.2, 0.25) is 0 Å². The SMILES string of the molecule is CC1(C2CC2)C(=O)NCC(=O)N1Cc1ncccn1. The maximum absolute atomic E-state index is 12.2.